The number of nitrogens with zero attached hydrogens (tertiary/aromatic N) is 2. The minimum absolute atomic E-state index is 0.0151. The van der Waals surface area contributed by atoms with E-state index in [2.05, 4.69) is 10.2 Å². The molecule has 0 aliphatic carbocycles. The lowest BCUT2D eigenvalue weighted by molar-refractivity contribution is 0.380. The van der Waals surface area contributed by atoms with Gasteiger partial charge in [0.05, 0.1) is 11.4 Å². The van der Waals surface area contributed by atoms with E-state index in [-0.39, 0.29) is 6.04 Å². The third-order valence-electron chi connectivity index (χ3n) is 2.91. The molecule has 1 atom stereocenters. The van der Waals surface area contributed by atoms with Crippen molar-refractivity contribution in [1.82, 2.24) is 14.5 Å². The van der Waals surface area contributed by atoms with Crippen LogP contribution < -0.4 is 0 Å². The van der Waals surface area contributed by atoms with Crippen molar-refractivity contribution in [2.75, 3.05) is 7.05 Å². The zero-order chi connectivity index (χ0) is 12.5. The zero-order valence-electron chi connectivity index (χ0n) is 10.4. The number of aryl methyl sites for hydroxylation is 2. The molecule has 1 N–H and O–H groups in total. The second-order valence-corrected chi connectivity index (χ2v) is 5.98. The first kappa shape index (κ1) is 13.2. The summed E-state index contributed by atoms with van der Waals surface area (Å²) >= 11 is 0. The summed E-state index contributed by atoms with van der Waals surface area (Å²) in [6, 6.07) is -0.0151. The maximum Gasteiger partial charge on any atom is 0.246 e. The molecule has 0 amide bonds. The van der Waals surface area contributed by atoms with Crippen molar-refractivity contribution in [2.45, 2.75) is 45.1 Å². The van der Waals surface area contributed by atoms with E-state index in [9.17, 15) is 8.42 Å². The molecule has 1 unspecified atom stereocenters. The van der Waals surface area contributed by atoms with Crippen molar-refractivity contribution >= 4 is 10.0 Å². The van der Waals surface area contributed by atoms with Crippen LogP contribution in [0.3, 0.4) is 0 Å². The summed E-state index contributed by atoms with van der Waals surface area (Å²) in [5.74, 6) is 0. The molecule has 0 aliphatic rings. The van der Waals surface area contributed by atoms with Gasteiger partial charge in [-0.25, -0.2) is 8.42 Å². The highest BCUT2D eigenvalue weighted by Gasteiger charge is 2.29. The van der Waals surface area contributed by atoms with Crippen LogP contribution in [0.15, 0.2) is 4.90 Å². The van der Waals surface area contributed by atoms with Crippen LogP contribution in [-0.2, 0) is 10.0 Å². The van der Waals surface area contributed by atoms with Crippen LogP contribution in [0.1, 0.15) is 31.7 Å². The molecular formula is C10H19N3O2S. The predicted molar refractivity (Wildman–Crippen MR) is 62.8 cm³/mol. The average Bonchev–Trinajstić information content (AvgIpc) is 2.56. The smallest absolute Gasteiger partial charge is 0.246 e. The molecule has 1 aromatic heterocycles. The summed E-state index contributed by atoms with van der Waals surface area (Å²) in [5, 5.41) is 6.62. The maximum atomic E-state index is 12.3. The van der Waals surface area contributed by atoms with Gasteiger partial charge in [-0.2, -0.15) is 9.40 Å². The van der Waals surface area contributed by atoms with Gasteiger partial charge in [-0.05, 0) is 27.2 Å². The molecule has 1 rings (SSSR count). The Kier molecular flexibility index (Phi) is 3.75. The van der Waals surface area contributed by atoms with Crippen molar-refractivity contribution in [3.63, 3.8) is 0 Å². The molecule has 6 heteroatoms. The quantitative estimate of drug-likeness (QED) is 0.873. The highest BCUT2D eigenvalue weighted by molar-refractivity contribution is 7.89. The molecule has 0 aliphatic heterocycles. The van der Waals surface area contributed by atoms with Crippen LogP contribution in [-0.4, -0.2) is 36.0 Å². The lowest BCUT2D eigenvalue weighted by Crippen LogP contribution is -2.35. The molecule has 0 aromatic carbocycles. The van der Waals surface area contributed by atoms with Crippen LogP contribution in [0.5, 0.6) is 0 Å². The molecule has 16 heavy (non-hydrogen) atoms. The van der Waals surface area contributed by atoms with Gasteiger partial charge in [-0.3, -0.25) is 5.10 Å². The number of aromatic amines is 1. The van der Waals surface area contributed by atoms with Gasteiger partial charge in [0.15, 0.2) is 0 Å². The van der Waals surface area contributed by atoms with Gasteiger partial charge in [0, 0.05) is 13.1 Å². The molecule has 0 bridgehead atoms. The molecule has 0 saturated heterocycles. The van der Waals surface area contributed by atoms with Gasteiger partial charge in [0.1, 0.15) is 4.90 Å². The molecule has 0 spiro atoms. The van der Waals surface area contributed by atoms with E-state index >= 15 is 0 Å². The fourth-order valence-corrected chi connectivity index (χ4v) is 3.32. The number of rotatable bonds is 4. The first-order chi connectivity index (χ1) is 7.32. The topological polar surface area (TPSA) is 66.1 Å². The lowest BCUT2D eigenvalue weighted by atomic mass is 10.3. The standard InChI is InChI=1S/C10H19N3O2S/c1-6-7(2)13(5)16(14,15)10-8(3)11-12-9(10)4/h7H,6H2,1-5H3,(H,11,12). The zero-order valence-corrected chi connectivity index (χ0v) is 11.2. The second-order valence-electron chi connectivity index (χ2n) is 4.04. The Bertz CT molecular complexity index is 445. The number of hydrogen-bond acceptors (Lipinski definition) is 3. The van der Waals surface area contributed by atoms with Crippen LogP contribution >= 0.6 is 0 Å². The third-order valence-corrected chi connectivity index (χ3v) is 5.14. The highest BCUT2D eigenvalue weighted by atomic mass is 32.2. The van der Waals surface area contributed by atoms with Gasteiger partial charge >= 0.3 is 0 Å². The van der Waals surface area contributed by atoms with Gasteiger partial charge in [-0.1, -0.05) is 6.92 Å². The Morgan fingerprint density at radius 3 is 2.38 bits per heavy atom. The summed E-state index contributed by atoms with van der Waals surface area (Å²) in [6.45, 7) is 7.27. The van der Waals surface area contributed by atoms with Crippen molar-refractivity contribution < 1.29 is 8.42 Å². The Hall–Kier alpha value is -0.880. The lowest BCUT2D eigenvalue weighted by Gasteiger charge is -2.23. The largest absolute Gasteiger partial charge is 0.281 e. The van der Waals surface area contributed by atoms with Gasteiger partial charge in [0.25, 0.3) is 0 Å². The van der Waals surface area contributed by atoms with Crippen LogP contribution in [0.4, 0.5) is 0 Å². The maximum absolute atomic E-state index is 12.3. The fraction of sp³-hybridized carbons (Fsp3) is 0.700. The monoisotopic (exact) mass is 245 g/mol. The molecule has 92 valence electrons. The number of sulfonamides is 1. The van der Waals surface area contributed by atoms with E-state index in [1.54, 1.807) is 20.9 Å². The molecular weight excluding hydrogens is 226 g/mol. The van der Waals surface area contributed by atoms with E-state index in [1.807, 2.05) is 13.8 Å². The predicted octanol–water partition coefficient (Wildman–Crippen LogP) is 1.45. The van der Waals surface area contributed by atoms with E-state index in [0.717, 1.165) is 6.42 Å². The van der Waals surface area contributed by atoms with Crippen LogP contribution in [0.25, 0.3) is 0 Å². The Balaban J connectivity index is 3.22. The minimum atomic E-state index is -3.43. The van der Waals surface area contributed by atoms with Crippen LogP contribution in [0, 0.1) is 13.8 Å². The summed E-state index contributed by atoms with van der Waals surface area (Å²) in [5.41, 5.74) is 1.11. The second kappa shape index (κ2) is 4.55. The van der Waals surface area contributed by atoms with Gasteiger partial charge in [0.2, 0.25) is 10.0 Å². The first-order valence-corrected chi connectivity index (χ1v) is 6.76. The van der Waals surface area contributed by atoms with Gasteiger partial charge < -0.3 is 0 Å². The highest BCUT2D eigenvalue weighted by Crippen LogP contribution is 2.22. The average molecular weight is 245 g/mol. The number of nitrogens with one attached hydrogen (secondary N) is 1. The normalized spacial score (nSPS) is 14.4. The van der Waals surface area contributed by atoms with Crippen molar-refractivity contribution in [2.24, 2.45) is 0 Å². The van der Waals surface area contributed by atoms with Crippen molar-refractivity contribution in [1.29, 1.82) is 0 Å². The van der Waals surface area contributed by atoms with Crippen molar-refractivity contribution in [3.05, 3.63) is 11.4 Å². The molecule has 0 saturated carbocycles. The molecule has 5 nitrogen and oxygen atoms in total. The minimum Gasteiger partial charge on any atom is -0.281 e. The van der Waals surface area contributed by atoms with E-state index in [0.29, 0.717) is 16.3 Å². The third kappa shape index (κ3) is 2.12. The SMILES string of the molecule is CCC(C)N(C)S(=O)(=O)c1c(C)n[nH]c1C. The summed E-state index contributed by atoms with van der Waals surface area (Å²) in [4.78, 5) is 0.301. The molecule has 1 aromatic rings. The molecule has 0 fully saturated rings. The summed E-state index contributed by atoms with van der Waals surface area (Å²) in [6.07, 6.45) is 0.783. The Labute approximate surface area is 96.9 Å². The molecule has 0 radical (unpaired) electrons. The summed E-state index contributed by atoms with van der Waals surface area (Å²) in [7, 11) is -1.82. The number of H-pyrrole nitrogens is 1. The van der Waals surface area contributed by atoms with Gasteiger partial charge in [-0.15, -0.1) is 0 Å². The molecule has 1 heterocycles. The Morgan fingerprint density at radius 1 is 1.44 bits per heavy atom. The van der Waals surface area contributed by atoms with Crippen LogP contribution in [0.2, 0.25) is 0 Å². The number of hydrogen-bond donors (Lipinski definition) is 1. The van der Waals surface area contributed by atoms with E-state index in [1.165, 1.54) is 4.31 Å². The first-order valence-electron chi connectivity index (χ1n) is 5.32. The summed E-state index contributed by atoms with van der Waals surface area (Å²) < 4.78 is 26.0. The van der Waals surface area contributed by atoms with E-state index in [4.69, 9.17) is 0 Å². The Morgan fingerprint density at radius 2 is 2.00 bits per heavy atom. The van der Waals surface area contributed by atoms with Crippen molar-refractivity contribution in [3.8, 4) is 0 Å². The number of aromatic nitrogens is 2. The fourth-order valence-electron chi connectivity index (χ4n) is 1.56. The van der Waals surface area contributed by atoms with E-state index < -0.39 is 10.0 Å².